The molecule has 26 heavy (non-hydrogen) atoms. The molecule has 0 heterocycles. The first-order valence-corrected chi connectivity index (χ1v) is 8.67. The van der Waals surface area contributed by atoms with Crippen LogP contribution in [0.25, 0.3) is 0 Å². The minimum atomic E-state index is -1.08. The summed E-state index contributed by atoms with van der Waals surface area (Å²) in [6, 6.07) is 4.72. The number of ether oxygens (including phenoxy) is 3. The smallest absolute Gasteiger partial charge is 0.341 e. The number of benzene rings is 1. The van der Waals surface area contributed by atoms with E-state index >= 15 is 0 Å². The molecule has 1 amide bonds. The maximum Gasteiger partial charge on any atom is 0.341 e. The number of aliphatic carboxylic acids is 1. The quantitative estimate of drug-likeness (QED) is 0.734. The third-order valence-corrected chi connectivity index (χ3v) is 4.94. The molecule has 0 aromatic heterocycles. The maximum atomic E-state index is 12.7. The van der Waals surface area contributed by atoms with E-state index in [0.29, 0.717) is 23.7 Å². The van der Waals surface area contributed by atoms with Gasteiger partial charge in [0.2, 0.25) is 0 Å². The fraction of sp³-hybridized carbons (Fsp3) is 0.579. The molecular weight excluding hydrogens is 338 g/mol. The molecule has 0 saturated heterocycles. The number of hydrogen-bond donors (Lipinski definition) is 2. The Morgan fingerprint density at radius 3 is 2.46 bits per heavy atom. The normalized spacial score (nSPS) is 23.7. The number of carboxylic acids is 1. The van der Waals surface area contributed by atoms with Crippen molar-refractivity contribution in [2.75, 3.05) is 20.3 Å². The van der Waals surface area contributed by atoms with Gasteiger partial charge in [-0.1, -0.05) is 20.8 Å². The van der Waals surface area contributed by atoms with E-state index in [2.05, 4.69) is 26.1 Å². The van der Waals surface area contributed by atoms with Crippen LogP contribution in [0.1, 0.15) is 38.1 Å². The van der Waals surface area contributed by atoms with E-state index in [4.69, 9.17) is 19.3 Å². The maximum absolute atomic E-state index is 12.7. The largest absolute Gasteiger partial charge is 0.490 e. The van der Waals surface area contributed by atoms with Gasteiger partial charge in [-0.3, -0.25) is 4.79 Å². The van der Waals surface area contributed by atoms with E-state index in [1.54, 1.807) is 32.2 Å². The first kappa shape index (κ1) is 20.0. The van der Waals surface area contributed by atoms with E-state index < -0.39 is 12.6 Å². The fourth-order valence-corrected chi connectivity index (χ4v) is 3.83. The zero-order valence-corrected chi connectivity index (χ0v) is 15.9. The Morgan fingerprint density at radius 2 is 1.92 bits per heavy atom. The zero-order valence-electron chi connectivity index (χ0n) is 15.9. The Balaban J connectivity index is 2.14. The second-order valence-electron chi connectivity index (χ2n) is 7.06. The van der Waals surface area contributed by atoms with Gasteiger partial charge in [0.25, 0.3) is 5.91 Å². The second-order valence-corrected chi connectivity index (χ2v) is 7.06. The Kier molecular flexibility index (Phi) is 6.13. The summed E-state index contributed by atoms with van der Waals surface area (Å²) in [5, 5.41) is 11.8. The number of carbonyl (C=O) groups excluding carboxylic acids is 1. The van der Waals surface area contributed by atoms with Crippen molar-refractivity contribution in [3.8, 4) is 11.5 Å². The Morgan fingerprint density at radius 1 is 1.23 bits per heavy atom. The Bertz CT molecular complexity index is 672. The topological polar surface area (TPSA) is 94.1 Å². The first-order valence-electron chi connectivity index (χ1n) is 8.67. The van der Waals surface area contributed by atoms with Gasteiger partial charge in [0.1, 0.15) is 0 Å². The van der Waals surface area contributed by atoms with Crippen molar-refractivity contribution in [2.45, 2.75) is 39.8 Å². The van der Waals surface area contributed by atoms with Crippen LogP contribution in [0.4, 0.5) is 0 Å². The second kappa shape index (κ2) is 7.95. The number of carbonyl (C=O) groups is 2. The molecule has 3 unspecified atom stereocenters. The summed E-state index contributed by atoms with van der Waals surface area (Å²) in [5.41, 5.74) is 0.275. The number of amides is 1. The minimum absolute atomic E-state index is 0.00145. The molecule has 1 saturated carbocycles. The average molecular weight is 365 g/mol. The molecule has 7 nitrogen and oxygen atoms in total. The van der Waals surface area contributed by atoms with Crippen LogP contribution in [-0.2, 0) is 9.53 Å². The molecule has 0 spiro atoms. The van der Waals surface area contributed by atoms with Gasteiger partial charge in [0.15, 0.2) is 18.1 Å². The van der Waals surface area contributed by atoms with Crippen molar-refractivity contribution in [1.29, 1.82) is 0 Å². The summed E-state index contributed by atoms with van der Waals surface area (Å²) in [6.45, 7) is 7.89. The van der Waals surface area contributed by atoms with Gasteiger partial charge in [-0.15, -0.1) is 0 Å². The minimum Gasteiger partial charge on any atom is -0.490 e. The highest BCUT2D eigenvalue weighted by Crippen LogP contribution is 2.47. The van der Waals surface area contributed by atoms with Crippen LogP contribution in [0.15, 0.2) is 18.2 Å². The molecule has 144 valence electrons. The predicted octanol–water partition coefficient (Wildman–Crippen LogP) is 2.34. The van der Waals surface area contributed by atoms with Gasteiger partial charge < -0.3 is 24.6 Å². The van der Waals surface area contributed by atoms with E-state index in [0.717, 1.165) is 0 Å². The summed E-state index contributed by atoms with van der Waals surface area (Å²) < 4.78 is 16.2. The summed E-state index contributed by atoms with van der Waals surface area (Å²) in [7, 11) is 1.69. The number of rotatable bonds is 8. The molecule has 0 aliphatic heterocycles. The molecule has 0 bridgehead atoms. The molecule has 1 aromatic carbocycles. The molecule has 2 N–H and O–H groups in total. The number of hydrogen-bond acceptors (Lipinski definition) is 5. The van der Waals surface area contributed by atoms with Gasteiger partial charge in [0.05, 0.1) is 12.7 Å². The fourth-order valence-electron chi connectivity index (χ4n) is 3.83. The predicted molar refractivity (Wildman–Crippen MR) is 95.7 cm³/mol. The first-order chi connectivity index (χ1) is 12.2. The molecule has 1 aliphatic rings. The van der Waals surface area contributed by atoms with Crippen LogP contribution in [0, 0.1) is 11.3 Å². The van der Waals surface area contributed by atoms with Crippen molar-refractivity contribution in [1.82, 2.24) is 5.32 Å². The zero-order chi connectivity index (χ0) is 19.5. The highest BCUT2D eigenvalue weighted by molar-refractivity contribution is 5.95. The summed E-state index contributed by atoms with van der Waals surface area (Å²) >= 11 is 0. The molecule has 2 rings (SSSR count). The van der Waals surface area contributed by atoms with Crippen LogP contribution in [0.2, 0.25) is 0 Å². The summed E-state index contributed by atoms with van der Waals surface area (Å²) in [4.78, 5) is 23.3. The van der Waals surface area contributed by atoms with Crippen LogP contribution in [0.5, 0.6) is 11.5 Å². The van der Waals surface area contributed by atoms with E-state index in [1.165, 1.54) is 0 Å². The van der Waals surface area contributed by atoms with E-state index in [9.17, 15) is 9.59 Å². The number of methoxy groups -OCH3 is 1. The molecule has 3 atom stereocenters. The highest BCUT2D eigenvalue weighted by atomic mass is 16.5. The van der Waals surface area contributed by atoms with Crippen molar-refractivity contribution in [2.24, 2.45) is 11.3 Å². The van der Waals surface area contributed by atoms with E-state index in [1.807, 2.05) is 0 Å². The van der Waals surface area contributed by atoms with Crippen LogP contribution in [0.3, 0.4) is 0 Å². The van der Waals surface area contributed by atoms with Crippen LogP contribution >= 0.6 is 0 Å². The standard InChI is InChI=1S/C19H27NO6/c1-6-25-14-9-12(7-8-13(14)26-10-15(21)22)18(23)20-16-11(2)17(24-5)19(16,3)4/h7-9,11,16-17H,6,10H2,1-5H3,(H,20,23)(H,21,22). The molecule has 1 aliphatic carbocycles. The van der Waals surface area contributed by atoms with Gasteiger partial charge >= 0.3 is 5.97 Å². The SMILES string of the molecule is CCOc1cc(C(=O)NC2C(C)C(OC)C2(C)C)ccc1OCC(=O)O. The molecule has 7 heteroatoms. The van der Waals surface area contributed by atoms with Crippen LogP contribution in [-0.4, -0.2) is 49.5 Å². The lowest BCUT2D eigenvalue weighted by Gasteiger charge is -2.56. The summed E-state index contributed by atoms with van der Waals surface area (Å²) in [5.74, 6) is -0.443. The van der Waals surface area contributed by atoms with Crippen molar-refractivity contribution < 1.29 is 28.9 Å². The molecular formula is C19H27NO6. The average Bonchev–Trinajstić information content (AvgIpc) is 2.58. The highest BCUT2D eigenvalue weighted by Gasteiger charge is 2.55. The Hall–Kier alpha value is -2.28. The lowest BCUT2D eigenvalue weighted by Crippen LogP contribution is -2.67. The third-order valence-electron chi connectivity index (χ3n) is 4.94. The van der Waals surface area contributed by atoms with Gasteiger partial charge in [0, 0.05) is 30.0 Å². The monoisotopic (exact) mass is 365 g/mol. The number of carboxylic acid groups (broad SMARTS) is 1. The Labute approximate surface area is 153 Å². The molecule has 1 fully saturated rings. The molecule has 0 radical (unpaired) electrons. The van der Waals surface area contributed by atoms with E-state index in [-0.39, 0.29) is 29.4 Å². The summed E-state index contributed by atoms with van der Waals surface area (Å²) in [6.07, 6.45) is 0.0959. The van der Waals surface area contributed by atoms with Gasteiger partial charge in [-0.05, 0) is 25.1 Å². The van der Waals surface area contributed by atoms with Crippen molar-refractivity contribution >= 4 is 11.9 Å². The van der Waals surface area contributed by atoms with Crippen molar-refractivity contribution in [3.63, 3.8) is 0 Å². The third kappa shape index (κ3) is 3.93. The van der Waals surface area contributed by atoms with Crippen LogP contribution < -0.4 is 14.8 Å². The lowest BCUT2D eigenvalue weighted by molar-refractivity contribution is -0.141. The van der Waals surface area contributed by atoms with Crippen molar-refractivity contribution in [3.05, 3.63) is 23.8 Å². The van der Waals surface area contributed by atoms with Gasteiger partial charge in [-0.25, -0.2) is 4.79 Å². The number of nitrogens with one attached hydrogen (secondary N) is 1. The van der Waals surface area contributed by atoms with Gasteiger partial charge in [-0.2, -0.15) is 0 Å². The molecule has 1 aromatic rings. The lowest BCUT2D eigenvalue weighted by atomic mass is 9.58.